The molecule has 2 aliphatic heterocycles. The van der Waals surface area contributed by atoms with Crippen LogP contribution in [0.5, 0.6) is 0 Å². The van der Waals surface area contributed by atoms with Gasteiger partial charge in [0.1, 0.15) is 0 Å². The number of nitrogens with one attached hydrogen (secondary N) is 1. The van der Waals surface area contributed by atoms with Gasteiger partial charge in [0.15, 0.2) is 0 Å². The minimum absolute atomic E-state index is 0.290. The van der Waals surface area contributed by atoms with E-state index in [4.69, 9.17) is 4.74 Å². The van der Waals surface area contributed by atoms with Gasteiger partial charge in [0, 0.05) is 31.5 Å². The number of hydrogen-bond acceptors (Lipinski definition) is 4. The summed E-state index contributed by atoms with van der Waals surface area (Å²) in [6, 6.07) is 0. The van der Waals surface area contributed by atoms with Crippen LogP contribution in [0.3, 0.4) is 0 Å². The molecule has 2 heterocycles. The molecule has 2 fully saturated rings. The van der Waals surface area contributed by atoms with Gasteiger partial charge in [0.05, 0.1) is 11.9 Å². The van der Waals surface area contributed by atoms with Crippen molar-refractivity contribution in [1.29, 1.82) is 0 Å². The van der Waals surface area contributed by atoms with Gasteiger partial charge in [-0.15, -0.1) is 11.8 Å². The molecule has 17 heavy (non-hydrogen) atoms. The van der Waals surface area contributed by atoms with Crippen LogP contribution < -0.4 is 5.32 Å². The lowest BCUT2D eigenvalue weighted by atomic mass is 10.3. The Balaban J connectivity index is 1.72. The van der Waals surface area contributed by atoms with Gasteiger partial charge in [-0.05, 0) is 26.3 Å². The van der Waals surface area contributed by atoms with Crippen LogP contribution in [0, 0.1) is 0 Å². The Morgan fingerprint density at radius 1 is 1.47 bits per heavy atom. The van der Waals surface area contributed by atoms with Crippen LogP contribution in [0.1, 0.15) is 19.8 Å². The number of carbonyl (C=O) groups excluding carboxylic acids is 1. The van der Waals surface area contributed by atoms with Crippen molar-refractivity contribution in [2.75, 3.05) is 38.5 Å². The average Bonchev–Trinajstić information content (AvgIpc) is 2.58. The van der Waals surface area contributed by atoms with E-state index in [1.165, 1.54) is 0 Å². The molecule has 1 amide bonds. The summed E-state index contributed by atoms with van der Waals surface area (Å²) < 4.78 is 5.51. The minimum atomic E-state index is 0.290. The zero-order chi connectivity index (χ0) is 12.1. The van der Waals surface area contributed by atoms with E-state index < -0.39 is 0 Å². The van der Waals surface area contributed by atoms with Gasteiger partial charge in [0.25, 0.3) is 0 Å². The molecule has 0 aliphatic carbocycles. The Morgan fingerprint density at radius 2 is 2.35 bits per heavy atom. The SMILES string of the molecule is CC1OCCC1SCC(=O)N1CCCNCC1. The first-order chi connectivity index (χ1) is 8.27. The number of amides is 1. The maximum absolute atomic E-state index is 12.1. The van der Waals surface area contributed by atoms with Crippen LogP contribution in [0.4, 0.5) is 0 Å². The highest BCUT2D eigenvalue weighted by Crippen LogP contribution is 2.26. The summed E-state index contributed by atoms with van der Waals surface area (Å²) in [5.74, 6) is 0.899. The first-order valence-electron chi connectivity index (χ1n) is 6.49. The molecule has 5 heteroatoms. The minimum Gasteiger partial charge on any atom is -0.377 e. The molecule has 4 nitrogen and oxygen atoms in total. The van der Waals surface area contributed by atoms with Gasteiger partial charge in [0.2, 0.25) is 5.91 Å². The first-order valence-corrected chi connectivity index (χ1v) is 7.54. The van der Waals surface area contributed by atoms with E-state index >= 15 is 0 Å². The Kier molecular flexibility index (Phi) is 5.13. The Labute approximate surface area is 107 Å². The highest BCUT2D eigenvalue weighted by molar-refractivity contribution is 8.00. The molecular weight excluding hydrogens is 236 g/mol. The van der Waals surface area contributed by atoms with Crippen molar-refractivity contribution in [1.82, 2.24) is 10.2 Å². The molecule has 1 N–H and O–H groups in total. The molecule has 0 radical (unpaired) electrons. The molecule has 2 aliphatic rings. The van der Waals surface area contributed by atoms with Gasteiger partial charge < -0.3 is 15.0 Å². The number of ether oxygens (including phenoxy) is 1. The summed E-state index contributed by atoms with van der Waals surface area (Å²) in [6.45, 7) is 6.68. The fourth-order valence-electron chi connectivity index (χ4n) is 2.30. The summed E-state index contributed by atoms with van der Waals surface area (Å²) >= 11 is 1.76. The van der Waals surface area contributed by atoms with Crippen molar-refractivity contribution in [3.63, 3.8) is 0 Å². The molecule has 0 spiro atoms. The third-order valence-corrected chi connectivity index (χ3v) is 4.88. The largest absolute Gasteiger partial charge is 0.377 e. The van der Waals surface area contributed by atoms with Gasteiger partial charge in [-0.25, -0.2) is 0 Å². The number of hydrogen-bond donors (Lipinski definition) is 1. The van der Waals surface area contributed by atoms with Crippen molar-refractivity contribution in [3.8, 4) is 0 Å². The normalized spacial score (nSPS) is 30.3. The fourth-order valence-corrected chi connectivity index (χ4v) is 3.45. The highest BCUT2D eigenvalue weighted by Gasteiger charge is 2.26. The third-order valence-electron chi connectivity index (χ3n) is 3.42. The van der Waals surface area contributed by atoms with Crippen LogP contribution >= 0.6 is 11.8 Å². The molecule has 0 bridgehead atoms. The summed E-state index contributed by atoms with van der Waals surface area (Å²) in [4.78, 5) is 14.0. The van der Waals surface area contributed by atoms with E-state index in [9.17, 15) is 4.79 Å². The third kappa shape index (κ3) is 3.86. The zero-order valence-electron chi connectivity index (χ0n) is 10.5. The van der Waals surface area contributed by atoms with Crippen molar-refractivity contribution in [2.45, 2.75) is 31.1 Å². The Bertz CT molecular complexity index is 255. The van der Waals surface area contributed by atoms with Crippen LogP contribution in [-0.2, 0) is 9.53 Å². The van der Waals surface area contributed by atoms with E-state index in [-0.39, 0.29) is 5.91 Å². The van der Waals surface area contributed by atoms with Gasteiger partial charge in [-0.1, -0.05) is 0 Å². The second-order valence-electron chi connectivity index (χ2n) is 4.70. The monoisotopic (exact) mass is 258 g/mol. The van der Waals surface area contributed by atoms with Gasteiger partial charge in [-0.3, -0.25) is 4.79 Å². The molecule has 98 valence electrons. The zero-order valence-corrected chi connectivity index (χ0v) is 11.3. The van der Waals surface area contributed by atoms with E-state index in [1.807, 2.05) is 4.90 Å². The van der Waals surface area contributed by atoms with Crippen molar-refractivity contribution >= 4 is 17.7 Å². The van der Waals surface area contributed by atoms with Gasteiger partial charge in [-0.2, -0.15) is 0 Å². The second-order valence-corrected chi connectivity index (χ2v) is 5.93. The van der Waals surface area contributed by atoms with Crippen molar-refractivity contribution in [3.05, 3.63) is 0 Å². The predicted octanol–water partition coefficient (Wildman–Crippen LogP) is 0.719. The number of carbonyl (C=O) groups is 1. The van der Waals surface area contributed by atoms with Crippen molar-refractivity contribution in [2.24, 2.45) is 0 Å². The van der Waals surface area contributed by atoms with Crippen molar-refractivity contribution < 1.29 is 9.53 Å². The van der Waals surface area contributed by atoms with Crippen LogP contribution in [0.2, 0.25) is 0 Å². The first kappa shape index (κ1) is 13.2. The maximum atomic E-state index is 12.1. The highest BCUT2D eigenvalue weighted by atomic mass is 32.2. The van der Waals surface area contributed by atoms with E-state index in [2.05, 4.69) is 12.2 Å². The summed E-state index contributed by atoms with van der Waals surface area (Å²) in [5, 5.41) is 3.82. The number of thioether (sulfide) groups is 1. The molecule has 0 saturated carbocycles. The molecule has 2 unspecified atom stereocenters. The predicted molar refractivity (Wildman–Crippen MR) is 70.3 cm³/mol. The molecule has 2 saturated heterocycles. The second kappa shape index (κ2) is 6.61. The Morgan fingerprint density at radius 3 is 3.12 bits per heavy atom. The lowest BCUT2D eigenvalue weighted by molar-refractivity contribution is -0.128. The van der Waals surface area contributed by atoms with Gasteiger partial charge >= 0.3 is 0 Å². The fraction of sp³-hybridized carbons (Fsp3) is 0.917. The maximum Gasteiger partial charge on any atom is 0.232 e. The summed E-state index contributed by atoms with van der Waals surface area (Å²) in [6.07, 6.45) is 2.46. The smallest absolute Gasteiger partial charge is 0.232 e. The average molecular weight is 258 g/mol. The molecule has 2 rings (SSSR count). The quantitative estimate of drug-likeness (QED) is 0.810. The molecule has 0 aromatic heterocycles. The van der Waals surface area contributed by atoms with E-state index in [1.54, 1.807) is 11.8 Å². The number of rotatable bonds is 3. The number of nitrogens with zero attached hydrogens (tertiary/aromatic N) is 1. The summed E-state index contributed by atoms with van der Waals surface area (Å²) in [7, 11) is 0. The molecule has 2 atom stereocenters. The van der Waals surface area contributed by atoms with E-state index in [0.29, 0.717) is 17.1 Å². The standard InChI is InChI=1S/C12H22N2O2S/c1-10-11(3-8-16-10)17-9-12(15)14-6-2-4-13-5-7-14/h10-11,13H,2-9H2,1H3. The lowest BCUT2D eigenvalue weighted by Gasteiger charge is -2.21. The topological polar surface area (TPSA) is 41.6 Å². The lowest BCUT2D eigenvalue weighted by Crippen LogP contribution is -2.36. The van der Waals surface area contributed by atoms with E-state index in [0.717, 1.165) is 45.6 Å². The van der Waals surface area contributed by atoms with Crippen LogP contribution in [0.25, 0.3) is 0 Å². The molecular formula is C12H22N2O2S. The summed E-state index contributed by atoms with van der Waals surface area (Å²) in [5.41, 5.74) is 0. The molecule has 0 aromatic carbocycles. The molecule has 0 aromatic rings. The Hall–Kier alpha value is -0.260. The van der Waals surface area contributed by atoms with Crippen LogP contribution in [-0.4, -0.2) is 60.7 Å². The van der Waals surface area contributed by atoms with Crippen LogP contribution in [0.15, 0.2) is 0 Å².